The van der Waals surface area contributed by atoms with Gasteiger partial charge in [0.15, 0.2) is 29.6 Å². The molecule has 0 saturated carbocycles. The van der Waals surface area contributed by atoms with E-state index in [9.17, 15) is 24.3 Å². The van der Waals surface area contributed by atoms with E-state index in [0.29, 0.717) is 25.1 Å². The Bertz CT molecular complexity index is 1120. The van der Waals surface area contributed by atoms with Crippen molar-refractivity contribution in [2.45, 2.75) is 55.6 Å². The van der Waals surface area contributed by atoms with E-state index in [0.717, 1.165) is 5.56 Å². The molecule has 0 spiro atoms. The van der Waals surface area contributed by atoms with E-state index in [-0.39, 0.29) is 25.2 Å². The lowest BCUT2D eigenvalue weighted by atomic mass is 9.84. The highest BCUT2D eigenvalue weighted by molar-refractivity contribution is 6.02. The van der Waals surface area contributed by atoms with Crippen LogP contribution in [-0.4, -0.2) is 65.1 Å². The average Bonchev–Trinajstić information content (AvgIpc) is 3.71. The third-order valence-electron chi connectivity index (χ3n) is 6.21. The van der Waals surface area contributed by atoms with Gasteiger partial charge in [-0.3, -0.25) is 29.5 Å². The Balaban J connectivity index is 0.00000533. The summed E-state index contributed by atoms with van der Waals surface area (Å²) in [6.45, 7) is 0.315. The molecule has 2 unspecified atom stereocenters. The number of carboxylic acid groups (broad SMARTS) is 1. The number of anilines is 1. The number of para-hydroxylation sites is 1. The van der Waals surface area contributed by atoms with Gasteiger partial charge in [-0.15, -0.1) is 12.4 Å². The Hall–Kier alpha value is -3.55. The van der Waals surface area contributed by atoms with Crippen LogP contribution in [0.2, 0.25) is 0 Å². The fourth-order valence-electron chi connectivity index (χ4n) is 3.97. The highest BCUT2D eigenvalue weighted by Crippen LogP contribution is 2.30. The SMILES string of the molecule is Cl.NCCCC[C@@](N)(C(=O)O)C(ONc1ccccc1)C(=O)[C@H]1O[C@@H]1C(=O)NC(Cc1ccccc1)C(N)=O. The molecule has 1 aliphatic rings. The smallest absolute Gasteiger partial charge is 0.327 e. The first kappa shape index (κ1) is 31.7. The standard InChI is InChI=1S/C26H33N5O7.ClH/c27-14-8-7-13-26(29,25(35)36)22(38-31-17-11-5-2-6-12-17)19(32)20-21(37-20)24(34)30-18(23(28)33)15-16-9-3-1-4-10-16;/h1-6,9-12,18,20-22,31H,7-8,13-15,27,29H2,(H2,28,33)(H,30,34)(H,35,36);1H/t18?,20-,21+,22?,26+;/m1./s1. The Morgan fingerprint density at radius 1 is 1.00 bits per heavy atom. The minimum Gasteiger partial charge on any atom is -0.480 e. The third kappa shape index (κ3) is 8.47. The van der Waals surface area contributed by atoms with Crippen LogP contribution < -0.4 is 28.0 Å². The molecule has 0 aliphatic carbocycles. The van der Waals surface area contributed by atoms with E-state index in [2.05, 4.69) is 10.8 Å². The van der Waals surface area contributed by atoms with Crippen molar-refractivity contribution in [2.24, 2.45) is 17.2 Å². The van der Waals surface area contributed by atoms with Crippen LogP contribution >= 0.6 is 12.4 Å². The van der Waals surface area contributed by atoms with Crippen molar-refractivity contribution >= 4 is 41.7 Å². The predicted molar refractivity (Wildman–Crippen MR) is 145 cm³/mol. The summed E-state index contributed by atoms with van der Waals surface area (Å²) in [4.78, 5) is 55.9. The minimum atomic E-state index is -2.13. The van der Waals surface area contributed by atoms with Gasteiger partial charge in [0.2, 0.25) is 5.91 Å². The number of primary amides is 1. The monoisotopic (exact) mass is 563 g/mol. The van der Waals surface area contributed by atoms with E-state index in [1.54, 1.807) is 54.6 Å². The summed E-state index contributed by atoms with van der Waals surface area (Å²) in [7, 11) is 0. The zero-order valence-electron chi connectivity index (χ0n) is 21.2. The summed E-state index contributed by atoms with van der Waals surface area (Å²) in [5, 5.41) is 12.5. The number of hydrogen-bond acceptors (Lipinski definition) is 9. The van der Waals surface area contributed by atoms with Gasteiger partial charge < -0.3 is 32.4 Å². The number of aliphatic carboxylic acids is 1. The Kier molecular flexibility index (Phi) is 11.8. The van der Waals surface area contributed by atoms with E-state index >= 15 is 0 Å². The summed E-state index contributed by atoms with van der Waals surface area (Å²) in [6, 6.07) is 16.4. The largest absolute Gasteiger partial charge is 0.480 e. The molecular formula is C26H34ClN5O7. The number of hydrogen-bond donors (Lipinski definition) is 6. The molecule has 2 aromatic rings. The molecule has 9 N–H and O–H groups in total. The van der Waals surface area contributed by atoms with Crippen molar-refractivity contribution in [1.82, 2.24) is 5.32 Å². The molecular weight excluding hydrogens is 530 g/mol. The molecule has 0 radical (unpaired) electrons. The molecule has 39 heavy (non-hydrogen) atoms. The number of ketones is 1. The number of benzene rings is 2. The molecule has 2 aromatic carbocycles. The number of rotatable bonds is 16. The van der Waals surface area contributed by atoms with Gasteiger partial charge in [0.05, 0.1) is 5.69 Å². The molecule has 0 bridgehead atoms. The predicted octanol–water partition coefficient (Wildman–Crippen LogP) is 0.281. The summed E-state index contributed by atoms with van der Waals surface area (Å²) >= 11 is 0. The zero-order valence-corrected chi connectivity index (χ0v) is 22.0. The number of ether oxygens (including phenoxy) is 1. The lowest BCUT2D eigenvalue weighted by molar-refractivity contribution is -0.155. The van der Waals surface area contributed by atoms with Gasteiger partial charge in [0.25, 0.3) is 5.91 Å². The van der Waals surface area contributed by atoms with Crippen LogP contribution in [-0.2, 0) is 35.2 Å². The maximum atomic E-state index is 13.4. The number of Topliss-reactive ketones (excluding diaryl/α,β-unsaturated/α-hetero) is 1. The van der Waals surface area contributed by atoms with Gasteiger partial charge >= 0.3 is 5.97 Å². The molecule has 3 rings (SSSR count). The number of epoxide rings is 1. The first-order valence-corrected chi connectivity index (χ1v) is 12.2. The van der Waals surface area contributed by atoms with E-state index in [1.165, 1.54) is 0 Å². The number of unbranched alkanes of at least 4 members (excludes halogenated alkanes) is 1. The highest BCUT2D eigenvalue weighted by Gasteiger charge is 2.58. The fourth-order valence-corrected chi connectivity index (χ4v) is 3.97. The van der Waals surface area contributed by atoms with E-state index < -0.39 is 53.5 Å². The lowest BCUT2D eigenvalue weighted by Crippen LogP contribution is -2.62. The number of carbonyl (C=O) groups is 4. The summed E-state index contributed by atoms with van der Waals surface area (Å²) in [6.07, 6.45) is -3.45. The maximum absolute atomic E-state index is 13.4. The second kappa shape index (κ2) is 14.6. The molecule has 2 amide bonds. The van der Waals surface area contributed by atoms with Crippen LogP contribution in [0.5, 0.6) is 0 Å². The third-order valence-corrected chi connectivity index (χ3v) is 6.21. The Labute approximate surface area is 231 Å². The van der Waals surface area contributed by atoms with Gasteiger partial charge in [-0.2, -0.15) is 0 Å². The molecule has 5 atom stereocenters. The molecule has 1 saturated heterocycles. The van der Waals surface area contributed by atoms with Gasteiger partial charge in [-0.1, -0.05) is 48.5 Å². The summed E-state index contributed by atoms with van der Waals surface area (Å²) in [5.74, 6) is -3.78. The van der Waals surface area contributed by atoms with Crippen LogP contribution in [0.25, 0.3) is 0 Å². The van der Waals surface area contributed by atoms with Crippen molar-refractivity contribution < 1.29 is 33.9 Å². The van der Waals surface area contributed by atoms with Crippen molar-refractivity contribution in [3.8, 4) is 0 Å². The fraction of sp³-hybridized carbons (Fsp3) is 0.385. The van der Waals surface area contributed by atoms with Crippen LogP contribution in [0.1, 0.15) is 24.8 Å². The Morgan fingerprint density at radius 2 is 1.62 bits per heavy atom. The summed E-state index contributed by atoms with van der Waals surface area (Å²) < 4.78 is 5.32. The van der Waals surface area contributed by atoms with Crippen molar-refractivity contribution in [2.75, 3.05) is 12.0 Å². The van der Waals surface area contributed by atoms with Crippen molar-refractivity contribution in [3.05, 3.63) is 66.2 Å². The van der Waals surface area contributed by atoms with E-state index in [4.69, 9.17) is 26.8 Å². The molecule has 1 aliphatic heterocycles. The quantitative estimate of drug-likeness (QED) is 0.0931. The number of nitrogens with one attached hydrogen (secondary N) is 2. The van der Waals surface area contributed by atoms with Crippen LogP contribution in [0.3, 0.4) is 0 Å². The first-order valence-electron chi connectivity index (χ1n) is 12.2. The van der Waals surface area contributed by atoms with Crippen LogP contribution in [0, 0.1) is 0 Å². The molecule has 12 nitrogen and oxygen atoms in total. The average molecular weight is 564 g/mol. The second-order valence-corrected chi connectivity index (χ2v) is 9.09. The Morgan fingerprint density at radius 3 is 2.18 bits per heavy atom. The number of halogens is 1. The van der Waals surface area contributed by atoms with Gasteiger partial charge in [-0.25, -0.2) is 0 Å². The van der Waals surface area contributed by atoms with Gasteiger partial charge in [-0.05, 0) is 43.5 Å². The number of carboxylic acids is 1. The molecule has 1 fully saturated rings. The van der Waals surface area contributed by atoms with Crippen molar-refractivity contribution in [3.63, 3.8) is 0 Å². The normalized spacial score (nSPS) is 18.9. The number of amides is 2. The second-order valence-electron chi connectivity index (χ2n) is 9.09. The number of nitrogens with two attached hydrogens (primary N) is 3. The molecule has 0 aromatic heterocycles. The van der Waals surface area contributed by atoms with E-state index in [1.807, 2.05) is 6.07 Å². The van der Waals surface area contributed by atoms with Gasteiger partial charge in [0.1, 0.15) is 6.04 Å². The highest BCUT2D eigenvalue weighted by atomic mass is 35.5. The molecule has 212 valence electrons. The van der Waals surface area contributed by atoms with Crippen LogP contribution in [0.15, 0.2) is 60.7 Å². The van der Waals surface area contributed by atoms with Gasteiger partial charge in [0, 0.05) is 6.42 Å². The molecule has 1 heterocycles. The first-order chi connectivity index (χ1) is 18.2. The number of carbonyl (C=O) groups excluding carboxylic acids is 3. The lowest BCUT2D eigenvalue weighted by Gasteiger charge is -2.32. The zero-order chi connectivity index (χ0) is 27.7. The van der Waals surface area contributed by atoms with Crippen LogP contribution in [0.4, 0.5) is 5.69 Å². The molecule has 13 heteroatoms. The van der Waals surface area contributed by atoms with Crippen molar-refractivity contribution in [1.29, 1.82) is 0 Å². The minimum absolute atomic E-state index is 0. The summed E-state index contributed by atoms with van der Waals surface area (Å²) in [5.41, 5.74) is 18.9. The maximum Gasteiger partial charge on any atom is 0.327 e. The topological polar surface area (TPSA) is 212 Å².